The fourth-order valence-electron chi connectivity index (χ4n) is 4.52. The topological polar surface area (TPSA) is 91.6 Å². The maximum atomic E-state index is 13.6. The number of carbonyl (C=O) groups is 1. The number of H-pyrrole nitrogens is 1. The minimum Gasteiger partial charge on any atom is -0.330 e. The van der Waals surface area contributed by atoms with E-state index in [2.05, 4.69) is 10.1 Å². The molecule has 0 fully saturated rings. The zero-order valence-corrected chi connectivity index (χ0v) is 19.4. The molecule has 0 radical (unpaired) electrons. The van der Waals surface area contributed by atoms with Crippen LogP contribution in [0.2, 0.25) is 5.02 Å². The first-order valence-corrected chi connectivity index (χ1v) is 11.6. The van der Waals surface area contributed by atoms with Gasteiger partial charge in [0.05, 0.1) is 17.3 Å². The second-order valence-electron chi connectivity index (χ2n) is 8.36. The number of benzene rings is 3. The molecule has 0 spiro atoms. The summed E-state index contributed by atoms with van der Waals surface area (Å²) in [4.78, 5) is 29.3. The average Bonchev–Trinajstić information content (AvgIpc) is 3.30. The molecular weight excluding hydrogens is 467 g/mol. The molecule has 1 atom stereocenters. The maximum Gasteiger partial charge on any atom is 0.258 e. The summed E-state index contributed by atoms with van der Waals surface area (Å²) in [5, 5.41) is 7.30. The van der Waals surface area contributed by atoms with Gasteiger partial charge in [-0.1, -0.05) is 54.1 Å². The van der Waals surface area contributed by atoms with Gasteiger partial charge < -0.3 is 10.7 Å². The Balaban J connectivity index is 1.72. The molecule has 0 saturated carbocycles. The Morgan fingerprint density at radius 2 is 1.83 bits per heavy atom. The van der Waals surface area contributed by atoms with E-state index in [0.29, 0.717) is 27.4 Å². The quantitative estimate of drug-likeness (QED) is 0.413. The number of fused-ring (bicyclic) bond motifs is 1. The van der Waals surface area contributed by atoms with E-state index in [1.165, 1.54) is 17.1 Å². The number of hydrazone groups is 1. The normalized spacial score (nSPS) is 15.5. The number of hydrogen-bond acceptors (Lipinski definition) is 4. The molecule has 1 aliphatic heterocycles. The van der Waals surface area contributed by atoms with Crippen LogP contribution in [0.5, 0.6) is 0 Å². The lowest BCUT2D eigenvalue weighted by Crippen LogP contribution is -2.28. The van der Waals surface area contributed by atoms with E-state index in [4.69, 9.17) is 17.3 Å². The summed E-state index contributed by atoms with van der Waals surface area (Å²) in [6.07, 6.45) is 0.390. The van der Waals surface area contributed by atoms with Crippen LogP contribution in [0, 0.1) is 5.82 Å². The smallest absolute Gasteiger partial charge is 0.258 e. The highest BCUT2D eigenvalue weighted by molar-refractivity contribution is 6.31. The molecule has 35 heavy (non-hydrogen) atoms. The Kier molecular flexibility index (Phi) is 6.19. The number of carbonyl (C=O) groups excluding carboxylic acids is 1. The zero-order valence-electron chi connectivity index (χ0n) is 18.7. The minimum absolute atomic E-state index is 0.101. The molecule has 5 rings (SSSR count). The summed E-state index contributed by atoms with van der Waals surface area (Å²) < 4.78 is 13.6. The number of nitrogens with one attached hydrogen (secondary N) is 1. The Morgan fingerprint density at radius 3 is 2.54 bits per heavy atom. The van der Waals surface area contributed by atoms with E-state index < -0.39 is 6.04 Å². The van der Waals surface area contributed by atoms with Crippen molar-refractivity contribution in [2.24, 2.45) is 10.8 Å². The van der Waals surface area contributed by atoms with Crippen LogP contribution in [0.3, 0.4) is 0 Å². The Labute approximate surface area is 205 Å². The molecule has 3 aromatic carbocycles. The Bertz CT molecular complexity index is 1500. The van der Waals surface area contributed by atoms with Crippen LogP contribution in [0.15, 0.2) is 82.7 Å². The molecule has 2 heterocycles. The van der Waals surface area contributed by atoms with E-state index in [0.717, 1.165) is 16.5 Å². The number of rotatable bonds is 5. The highest BCUT2D eigenvalue weighted by Crippen LogP contribution is 2.37. The summed E-state index contributed by atoms with van der Waals surface area (Å²) in [6.45, 7) is 0.167. The van der Waals surface area contributed by atoms with E-state index >= 15 is 0 Å². The molecule has 176 valence electrons. The number of aromatic amines is 1. The summed E-state index contributed by atoms with van der Waals surface area (Å²) in [7, 11) is 0. The largest absolute Gasteiger partial charge is 0.330 e. The maximum absolute atomic E-state index is 13.6. The molecule has 3 N–H and O–H groups in total. The lowest BCUT2D eigenvalue weighted by atomic mass is 9.91. The van der Waals surface area contributed by atoms with Crippen molar-refractivity contribution < 1.29 is 9.18 Å². The predicted molar refractivity (Wildman–Crippen MR) is 136 cm³/mol. The van der Waals surface area contributed by atoms with Crippen molar-refractivity contribution in [3.63, 3.8) is 0 Å². The lowest BCUT2D eigenvalue weighted by Gasteiger charge is -2.21. The number of nitrogens with zero attached hydrogens (tertiary/aromatic N) is 2. The van der Waals surface area contributed by atoms with E-state index in [9.17, 15) is 14.0 Å². The summed E-state index contributed by atoms with van der Waals surface area (Å²) in [5.41, 5.74) is 9.04. The summed E-state index contributed by atoms with van der Waals surface area (Å²) in [6, 6.07) is 20.3. The molecule has 1 aromatic heterocycles. The van der Waals surface area contributed by atoms with Gasteiger partial charge in [0.25, 0.3) is 5.56 Å². The number of amides is 1. The first-order valence-electron chi connectivity index (χ1n) is 11.2. The van der Waals surface area contributed by atoms with Crippen LogP contribution in [0.4, 0.5) is 4.39 Å². The van der Waals surface area contributed by atoms with Gasteiger partial charge in [0, 0.05) is 40.9 Å². The van der Waals surface area contributed by atoms with Crippen molar-refractivity contribution in [3.05, 3.63) is 105 Å². The SMILES string of the molecule is NCCC(=O)N1N=C(c2c(-c3ccccc3)c3cc(Cl)ccc3[nH]c2=O)CC1c1ccc(F)cc1. The third-order valence-electron chi connectivity index (χ3n) is 6.11. The third kappa shape index (κ3) is 4.36. The van der Waals surface area contributed by atoms with E-state index in [1.807, 2.05) is 36.4 Å². The van der Waals surface area contributed by atoms with Gasteiger partial charge in [-0.15, -0.1) is 0 Å². The fraction of sp³-hybridized carbons (Fsp3) is 0.148. The van der Waals surface area contributed by atoms with Crippen LogP contribution in [0.1, 0.15) is 30.0 Å². The lowest BCUT2D eigenvalue weighted by molar-refractivity contribution is -0.132. The average molecular weight is 489 g/mol. The Hall–Kier alpha value is -3.81. The van der Waals surface area contributed by atoms with E-state index in [-0.39, 0.29) is 36.7 Å². The van der Waals surface area contributed by atoms with Crippen LogP contribution < -0.4 is 11.3 Å². The van der Waals surface area contributed by atoms with Gasteiger partial charge in [0.15, 0.2) is 0 Å². The highest BCUT2D eigenvalue weighted by atomic mass is 35.5. The van der Waals surface area contributed by atoms with Crippen molar-refractivity contribution >= 4 is 34.1 Å². The van der Waals surface area contributed by atoms with Crippen molar-refractivity contribution in [1.82, 2.24) is 9.99 Å². The molecular formula is C27H22ClFN4O2. The molecule has 1 amide bonds. The van der Waals surface area contributed by atoms with Gasteiger partial charge in [0.1, 0.15) is 5.82 Å². The number of halogens is 2. The van der Waals surface area contributed by atoms with Crippen molar-refractivity contribution in [1.29, 1.82) is 0 Å². The second kappa shape index (κ2) is 9.44. The van der Waals surface area contributed by atoms with Gasteiger partial charge in [-0.25, -0.2) is 9.40 Å². The number of nitrogens with two attached hydrogens (primary N) is 1. The summed E-state index contributed by atoms with van der Waals surface area (Å²) in [5.74, 6) is -0.639. The fourth-order valence-corrected chi connectivity index (χ4v) is 4.69. The van der Waals surface area contributed by atoms with Crippen LogP contribution in [0.25, 0.3) is 22.0 Å². The molecule has 0 saturated heterocycles. The first kappa shape index (κ1) is 23.0. The standard InChI is InChI=1S/C27H22ClFN4O2/c28-18-8-11-21-20(14-18)25(17-4-2-1-3-5-17)26(27(35)31-21)22-15-23(16-6-9-19(29)10-7-16)33(32-22)24(34)12-13-30/h1-11,14,23H,12-13,15,30H2,(H,31,35). The number of pyridine rings is 1. The van der Waals surface area contributed by atoms with Gasteiger partial charge in [-0.2, -0.15) is 5.10 Å². The molecule has 1 aliphatic rings. The van der Waals surface area contributed by atoms with Crippen LogP contribution in [-0.4, -0.2) is 28.2 Å². The third-order valence-corrected chi connectivity index (χ3v) is 6.34. The van der Waals surface area contributed by atoms with Crippen LogP contribution in [-0.2, 0) is 4.79 Å². The summed E-state index contributed by atoms with van der Waals surface area (Å²) >= 11 is 6.33. The molecule has 0 aliphatic carbocycles. The molecule has 0 bridgehead atoms. The highest BCUT2D eigenvalue weighted by Gasteiger charge is 2.35. The minimum atomic E-state index is -0.484. The zero-order chi connectivity index (χ0) is 24.5. The van der Waals surface area contributed by atoms with E-state index in [1.54, 1.807) is 24.3 Å². The molecule has 8 heteroatoms. The molecule has 6 nitrogen and oxygen atoms in total. The van der Waals surface area contributed by atoms with Crippen LogP contribution >= 0.6 is 11.6 Å². The predicted octanol–water partition coefficient (Wildman–Crippen LogP) is 5.01. The number of hydrogen-bond donors (Lipinski definition) is 2. The monoisotopic (exact) mass is 488 g/mol. The van der Waals surface area contributed by atoms with Crippen molar-refractivity contribution in [3.8, 4) is 11.1 Å². The molecule has 4 aromatic rings. The number of aromatic nitrogens is 1. The van der Waals surface area contributed by atoms with Gasteiger partial charge in [-0.3, -0.25) is 9.59 Å². The second-order valence-corrected chi connectivity index (χ2v) is 8.79. The van der Waals surface area contributed by atoms with Gasteiger partial charge >= 0.3 is 0 Å². The van der Waals surface area contributed by atoms with Crippen molar-refractivity contribution in [2.45, 2.75) is 18.9 Å². The van der Waals surface area contributed by atoms with Crippen molar-refractivity contribution in [2.75, 3.05) is 6.54 Å². The van der Waals surface area contributed by atoms with Gasteiger partial charge in [0.2, 0.25) is 5.91 Å². The first-order chi connectivity index (χ1) is 17.0. The van der Waals surface area contributed by atoms with Gasteiger partial charge in [-0.05, 0) is 41.5 Å². The molecule has 1 unspecified atom stereocenters. The Morgan fingerprint density at radius 1 is 1.09 bits per heavy atom.